The van der Waals surface area contributed by atoms with E-state index in [0.717, 1.165) is 6.07 Å². The topological polar surface area (TPSA) is 122 Å². The second-order valence-electron chi connectivity index (χ2n) is 9.59. The van der Waals surface area contributed by atoms with E-state index >= 15 is 0 Å². The third-order valence-electron chi connectivity index (χ3n) is 7.26. The Bertz CT molecular complexity index is 1420. The van der Waals surface area contributed by atoms with Gasteiger partial charge in [0.15, 0.2) is 27.3 Å². The number of carbonyl (C=O) groups is 3. The number of sulfone groups is 1. The molecule has 2 heterocycles. The summed E-state index contributed by atoms with van der Waals surface area (Å²) in [5.74, 6) is -5.90. The Morgan fingerprint density at radius 1 is 1.08 bits per heavy atom. The second-order valence-corrected chi connectivity index (χ2v) is 12.2. The zero-order valence-electron chi connectivity index (χ0n) is 21.0. The Labute approximate surface area is 227 Å². The zero-order chi connectivity index (χ0) is 28.8. The van der Waals surface area contributed by atoms with Crippen LogP contribution in [0.5, 0.6) is 0 Å². The van der Waals surface area contributed by atoms with Crippen molar-refractivity contribution in [1.29, 1.82) is 0 Å². The molecule has 2 aromatic carbocycles. The quantitative estimate of drug-likeness (QED) is 0.494. The van der Waals surface area contributed by atoms with Crippen molar-refractivity contribution in [2.24, 2.45) is 5.92 Å². The van der Waals surface area contributed by atoms with Gasteiger partial charge >= 0.3 is 6.09 Å². The molecule has 0 aromatic heterocycles. The van der Waals surface area contributed by atoms with Gasteiger partial charge in [-0.25, -0.2) is 26.4 Å². The fourth-order valence-corrected chi connectivity index (χ4v) is 7.50. The van der Waals surface area contributed by atoms with Gasteiger partial charge in [-0.2, -0.15) is 0 Å². The highest BCUT2D eigenvalue weighted by molar-refractivity contribution is 7.92. The van der Waals surface area contributed by atoms with Crippen LogP contribution in [-0.2, 0) is 19.4 Å². The number of nitrogens with zero attached hydrogens (tertiary/aromatic N) is 1. The van der Waals surface area contributed by atoms with Crippen molar-refractivity contribution in [2.75, 3.05) is 12.4 Å². The molecule has 1 saturated carbocycles. The first-order valence-corrected chi connectivity index (χ1v) is 13.8. The van der Waals surface area contributed by atoms with E-state index in [1.807, 2.05) is 6.92 Å². The van der Waals surface area contributed by atoms with Gasteiger partial charge in [0.05, 0.1) is 22.3 Å². The number of rotatable bonds is 6. The lowest BCUT2D eigenvalue weighted by atomic mass is 9.70. The molecule has 3 atom stereocenters. The minimum absolute atomic E-state index is 0.0369. The Balaban J connectivity index is 1.52. The highest BCUT2D eigenvalue weighted by atomic mass is 35.5. The molecule has 2 N–H and O–H groups in total. The van der Waals surface area contributed by atoms with E-state index in [4.69, 9.17) is 11.6 Å². The number of amides is 3. The lowest BCUT2D eigenvalue weighted by Gasteiger charge is -2.60. The van der Waals surface area contributed by atoms with Crippen molar-refractivity contribution in [1.82, 2.24) is 10.2 Å². The largest absolute Gasteiger partial charge is 0.453 e. The van der Waals surface area contributed by atoms with Crippen molar-refractivity contribution in [3.63, 3.8) is 0 Å². The third-order valence-corrected chi connectivity index (χ3v) is 9.92. The number of anilines is 1. The molecule has 210 valence electrons. The van der Waals surface area contributed by atoms with Gasteiger partial charge in [0.2, 0.25) is 5.91 Å². The Kier molecular flexibility index (Phi) is 7.86. The van der Waals surface area contributed by atoms with Crippen LogP contribution in [0.1, 0.15) is 37.0 Å². The Morgan fingerprint density at radius 2 is 1.67 bits per heavy atom. The molecular weight excluding hydrogens is 563 g/mol. The molecule has 5 rings (SSSR count). The second kappa shape index (κ2) is 10.7. The van der Waals surface area contributed by atoms with E-state index in [1.54, 1.807) is 4.90 Å². The van der Waals surface area contributed by atoms with Crippen molar-refractivity contribution in [3.05, 3.63) is 58.4 Å². The third kappa shape index (κ3) is 5.29. The highest BCUT2D eigenvalue weighted by Gasteiger charge is 2.56. The molecule has 3 amide bonds. The summed E-state index contributed by atoms with van der Waals surface area (Å²) in [7, 11) is -2.89. The van der Waals surface area contributed by atoms with Crippen molar-refractivity contribution >= 4 is 45.0 Å². The molecule has 0 spiro atoms. The van der Waals surface area contributed by atoms with E-state index in [1.165, 1.54) is 26.2 Å². The van der Waals surface area contributed by atoms with Gasteiger partial charge in [-0.05, 0) is 43.9 Å². The van der Waals surface area contributed by atoms with Gasteiger partial charge < -0.3 is 20.3 Å². The first kappa shape index (κ1) is 28.7. The summed E-state index contributed by atoms with van der Waals surface area (Å²) in [6.07, 6.45) is -0.516. The van der Waals surface area contributed by atoms with Gasteiger partial charge in [-0.15, -0.1) is 0 Å². The Morgan fingerprint density at radius 3 is 2.23 bits per heavy atom. The van der Waals surface area contributed by atoms with E-state index in [2.05, 4.69) is 15.4 Å². The SMILES string of the molecule is COC(=O)N[C@@H](C)C(=O)N1C2CC(S(=O)(=O)c3cc(C(=O)Nc4cc(F)c(F)c(F)c4)ccc3Cl)CC1C2C. The monoisotopic (exact) mass is 587 g/mol. The standard InChI is InChI=1S/C25H25ClF3N3O6S/c1-11-19-9-15(10-20(11)32(19)24(34)12(2)30-25(35)38-3)39(36,37)21-6-13(4-5-16(21)26)23(33)31-14-7-17(27)22(29)18(28)8-14/h4-8,11-12,15,19-20H,9-10H2,1-3H3,(H,30,35)(H,31,33)/t11?,12-,15?,19?,20?/m0/s1. The predicted octanol–water partition coefficient (Wildman–Crippen LogP) is 3.91. The molecule has 2 bridgehead atoms. The summed E-state index contributed by atoms with van der Waals surface area (Å²) in [5.41, 5.74) is -0.519. The summed E-state index contributed by atoms with van der Waals surface area (Å²) >= 11 is 6.21. The smallest absolute Gasteiger partial charge is 0.407 e. The number of hydrogen-bond acceptors (Lipinski definition) is 6. The van der Waals surface area contributed by atoms with Gasteiger partial charge in [-0.1, -0.05) is 18.5 Å². The van der Waals surface area contributed by atoms with E-state index in [-0.39, 0.29) is 57.9 Å². The lowest BCUT2D eigenvalue weighted by molar-refractivity contribution is -0.160. The molecule has 39 heavy (non-hydrogen) atoms. The molecule has 2 aliphatic heterocycles. The Hall–Kier alpha value is -3.32. The number of fused-ring (bicyclic) bond motifs is 2. The fourth-order valence-electron chi connectivity index (χ4n) is 5.17. The molecule has 2 unspecified atom stereocenters. The van der Waals surface area contributed by atoms with Crippen LogP contribution < -0.4 is 10.6 Å². The predicted molar refractivity (Wildman–Crippen MR) is 135 cm³/mol. The maximum absolute atomic E-state index is 13.6. The number of piperidine rings is 1. The normalized spacial score (nSPS) is 22.9. The van der Waals surface area contributed by atoms with Gasteiger partial charge in [0, 0.05) is 35.5 Å². The number of carbonyl (C=O) groups excluding carboxylic acids is 3. The minimum atomic E-state index is -4.07. The zero-order valence-corrected chi connectivity index (χ0v) is 22.6. The van der Waals surface area contributed by atoms with Crippen molar-refractivity contribution in [3.8, 4) is 0 Å². The van der Waals surface area contributed by atoms with Gasteiger partial charge in [0.1, 0.15) is 6.04 Å². The molecule has 0 radical (unpaired) electrons. The van der Waals surface area contributed by atoms with Crippen LogP contribution in [-0.4, -0.2) is 61.7 Å². The van der Waals surface area contributed by atoms with E-state index in [0.29, 0.717) is 12.1 Å². The highest BCUT2D eigenvalue weighted by Crippen LogP contribution is 2.47. The van der Waals surface area contributed by atoms with Crippen LogP contribution in [0, 0.1) is 23.4 Å². The maximum Gasteiger partial charge on any atom is 0.407 e. The molecule has 1 aliphatic carbocycles. The number of nitrogens with one attached hydrogen (secondary N) is 2. The summed E-state index contributed by atoms with van der Waals surface area (Å²) in [6.45, 7) is 3.43. The number of halogens is 4. The number of alkyl carbamates (subject to hydrolysis) is 1. The van der Waals surface area contributed by atoms with Crippen molar-refractivity contribution < 1.29 is 40.7 Å². The minimum Gasteiger partial charge on any atom is -0.453 e. The summed E-state index contributed by atoms with van der Waals surface area (Å²) < 4.78 is 72.0. The number of methoxy groups -OCH3 is 1. The molecule has 3 aliphatic rings. The molecular formula is C25H25ClF3N3O6S. The average molecular weight is 588 g/mol. The first-order chi connectivity index (χ1) is 18.3. The van der Waals surface area contributed by atoms with E-state index < -0.39 is 50.6 Å². The molecule has 14 heteroatoms. The molecule has 2 aromatic rings. The number of hydrogen-bond donors (Lipinski definition) is 2. The van der Waals surface area contributed by atoms with Gasteiger partial charge in [-0.3, -0.25) is 9.59 Å². The van der Waals surface area contributed by atoms with Crippen LogP contribution >= 0.6 is 11.6 Å². The lowest BCUT2D eigenvalue weighted by Crippen LogP contribution is -2.72. The average Bonchev–Trinajstić information content (AvgIpc) is 2.90. The van der Waals surface area contributed by atoms with Crippen LogP contribution in [0.25, 0.3) is 0 Å². The molecule has 2 saturated heterocycles. The maximum atomic E-state index is 13.6. The van der Waals surface area contributed by atoms with Crippen LogP contribution in [0.2, 0.25) is 5.02 Å². The van der Waals surface area contributed by atoms with Crippen molar-refractivity contribution in [2.45, 2.75) is 55.0 Å². The van der Waals surface area contributed by atoms with E-state index in [9.17, 15) is 36.0 Å². The summed E-state index contributed by atoms with van der Waals surface area (Å²) in [6, 6.07) is 3.08. The van der Waals surface area contributed by atoms with Crippen LogP contribution in [0.4, 0.5) is 23.7 Å². The van der Waals surface area contributed by atoms with Crippen LogP contribution in [0.3, 0.4) is 0 Å². The molecule has 3 fully saturated rings. The first-order valence-electron chi connectivity index (χ1n) is 11.9. The molecule has 9 nitrogen and oxygen atoms in total. The van der Waals surface area contributed by atoms with Gasteiger partial charge in [0.25, 0.3) is 5.91 Å². The summed E-state index contributed by atoms with van der Waals surface area (Å²) in [5, 5.41) is 3.60. The number of benzene rings is 2. The summed E-state index contributed by atoms with van der Waals surface area (Å²) in [4.78, 5) is 38.4. The van der Waals surface area contributed by atoms with Crippen LogP contribution in [0.15, 0.2) is 35.2 Å². The number of ether oxygens (including phenoxy) is 1. The fraction of sp³-hybridized carbons (Fsp3) is 0.400.